The van der Waals surface area contributed by atoms with Crippen molar-refractivity contribution in [3.8, 4) is 5.75 Å². The Kier molecular flexibility index (Phi) is 5.94. The molecule has 2 aromatic rings. The molecule has 5 nitrogen and oxygen atoms in total. The Hall–Kier alpha value is -2.85. The summed E-state index contributed by atoms with van der Waals surface area (Å²) in [4.78, 5) is 24.5. The van der Waals surface area contributed by atoms with Crippen LogP contribution in [-0.2, 0) is 15.8 Å². The highest BCUT2D eigenvalue weighted by molar-refractivity contribution is 8.27. The lowest BCUT2D eigenvalue weighted by Gasteiger charge is -2.16. The number of carboxylic acids is 1. The second kappa shape index (κ2) is 8.26. The van der Waals surface area contributed by atoms with Crippen LogP contribution in [0.15, 0.2) is 53.4 Å². The third-order valence-corrected chi connectivity index (χ3v) is 5.07. The number of carboxylic acid groups (broad SMARTS) is 1. The lowest BCUT2D eigenvalue weighted by Crippen LogP contribution is -2.27. The number of amides is 1. The first-order valence-electron chi connectivity index (χ1n) is 8.05. The molecule has 1 saturated heterocycles. The van der Waals surface area contributed by atoms with Gasteiger partial charge in [-0.2, -0.15) is 13.2 Å². The summed E-state index contributed by atoms with van der Waals surface area (Å²) in [5, 5.41) is 8.60. The number of ether oxygens (including phenoxy) is 1. The molecule has 10 heteroatoms. The van der Waals surface area contributed by atoms with E-state index < -0.39 is 30.2 Å². The number of carbonyl (C=O) groups excluding carboxylic acids is 1. The maximum Gasteiger partial charge on any atom is 0.416 e. The van der Waals surface area contributed by atoms with E-state index in [1.54, 1.807) is 30.3 Å². The van der Waals surface area contributed by atoms with Crippen molar-refractivity contribution >= 4 is 51.9 Å². The molecule has 29 heavy (non-hydrogen) atoms. The molecule has 0 spiro atoms. The van der Waals surface area contributed by atoms with Gasteiger partial charge in [0.15, 0.2) is 10.9 Å². The Balaban J connectivity index is 1.81. The number of aliphatic carboxylic acids is 1. The van der Waals surface area contributed by atoms with Gasteiger partial charge in [0.25, 0.3) is 5.91 Å². The molecule has 1 amide bonds. The number of anilines is 1. The van der Waals surface area contributed by atoms with Crippen molar-refractivity contribution in [2.24, 2.45) is 0 Å². The van der Waals surface area contributed by atoms with Crippen LogP contribution in [0.4, 0.5) is 18.9 Å². The fourth-order valence-corrected chi connectivity index (χ4v) is 3.77. The Morgan fingerprint density at radius 3 is 2.52 bits per heavy atom. The Labute approximate surface area is 172 Å². The number of thioether (sulfide) groups is 1. The molecular weight excluding hydrogens is 427 g/mol. The minimum Gasteiger partial charge on any atom is -0.482 e. The molecule has 0 unspecified atom stereocenters. The number of carbonyl (C=O) groups is 2. The smallest absolute Gasteiger partial charge is 0.416 e. The Bertz CT molecular complexity index is 1000. The third kappa shape index (κ3) is 4.96. The van der Waals surface area contributed by atoms with Gasteiger partial charge in [0, 0.05) is 0 Å². The summed E-state index contributed by atoms with van der Waals surface area (Å²) in [5.41, 5.74) is -0.203. The average Bonchev–Trinajstić information content (AvgIpc) is 2.94. The molecule has 0 radical (unpaired) electrons. The van der Waals surface area contributed by atoms with E-state index >= 15 is 0 Å². The number of rotatable bonds is 5. The molecule has 1 fully saturated rings. The van der Waals surface area contributed by atoms with Crippen LogP contribution in [0, 0.1) is 0 Å². The molecule has 0 aliphatic carbocycles. The molecule has 1 N–H and O–H groups in total. The highest BCUT2D eigenvalue weighted by atomic mass is 32.2. The zero-order valence-electron chi connectivity index (χ0n) is 14.5. The first kappa shape index (κ1) is 20.9. The normalized spacial score (nSPS) is 15.8. The topological polar surface area (TPSA) is 66.8 Å². The molecule has 0 bridgehead atoms. The molecule has 1 aliphatic heterocycles. The van der Waals surface area contributed by atoms with Crippen molar-refractivity contribution in [3.05, 3.63) is 64.6 Å². The molecule has 1 heterocycles. The van der Waals surface area contributed by atoms with Crippen LogP contribution in [0.3, 0.4) is 0 Å². The van der Waals surface area contributed by atoms with Crippen LogP contribution in [0.5, 0.6) is 5.75 Å². The summed E-state index contributed by atoms with van der Waals surface area (Å²) in [6, 6.07) is 10.7. The molecule has 150 valence electrons. The van der Waals surface area contributed by atoms with Crippen molar-refractivity contribution in [3.63, 3.8) is 0 Å². The zero-order valence-corrected chi connectivity index (χ0v) is 16.1. The molecule has 0 saturated carbocycles. The predicted molar refractivity (Wildman–Crippen MR) is 107 cm³/mol. The molecule has 1 aliphatic rings. The van der Waals surface area contributed by atoms with E-state index in [4.69, 9.17) is 22.1 Å². The van der Waals surface area contributed by atoms with Crippen LogP contribution in [0.1, 0.15) is 11.1 Å². The summed E-state index contributed by atoms with van der Waals surface area (Å²) < 4.78 is 44.0. The molecule has 0 aromatic heterocycles. The van der Waals surface area contributed by atoms with E-state index in [0.717, 1.165) is 28.8 Å². The van der Waals surface area contributed by atoms with Crippen molar-refractivity contribution in [2.75, 3.05) is 11.5 Å². The van der Waals surface area contributed by atoms with Crippen LogP contribution in [-0.4, -0.2) is 27.9 Å². The van der Waals surface area contributed by atoms with Crippen molar-refractivity contribution in [2.45, 2.75) is 6.18 Å². The fraction of sp³-hybridized carbons (Fsp3) is 0.105. The van der Waals surface area contributed by atoms with E-state index in [1.807, 2.05) is 0 Å². The Morgan fingerprint density at radius 1 is 1.21 bits per heavy atom. The van der Waals surface area contributed by atoms with Crippen molar-refractivity contribution < 1.29 is 32.6 Å². The van der Waals surface area contributed by atoms with E-state index in [-0.39, 0.29) is 14.9 Å². The highest BCUT2D eigenvalue weighted by Crippen LogP contribution is 2.38. The van der Waals surface area contributed by atoms with Gasteiger partial charge in [-0.3, -0.25) is 9.69 Å². The number of halogens is 3. The summed E-state index contributed by atoms with van der Waals surface area (Å²) in [5.74, 6) is -1.28. The lowest BCUT2D eigenvalue weighted by atomic mass is 10.1. The van der Waals surface area contributed by atoms with Gasteiger partial charge in [-0.05, 0) is 42.0 Å². The maximum atomic E-state index is 12.9. The van der Waals surface area contributed by atoms with Crippen LogP contribution in [0.25, 0.3) is 6.08 Å². The quantitative estimate of drug-likeness (QED) is 0.544. The van der Waals surface area contributed by atoms with Crippen molar-refractivity contribution in [1.82, 2.24) is 0 Å². The number of hydrogen-bond acceptors (Lipinski definition) is 5. The number of benzene rings is 2. The monoisotopic (exact) mass is 439 g/mol. The predicted octanol–water partition coefficient (Wildman–Crippen LogP) is 4.57. The standard InChI is InChI=1S/C19H12F3NO4S2/c20-19(21,22)12-2-1-3-13(9-12)23-17(26)15(29-18(23)28)8-11-4-6-14(7-5-11)27-10-16(24)25/h1-9H,10H2,(H,24,25). The Morgan fingerprint density at radius 2 is 1.90 bits per heavy atom. The van der Waals surface area contributed by atoms with Gasteiger partial charge in [0.1, 0.15) is 5.75 Å². The molecule has 3 rings (SSSR count). The SMILES string of the molecule is O=C(O)COc1ccc(C=C2SC(=S)N(c3cccc(C(F)(F)F)c3)C2=O)cc1. The zero-order chi connectivity index (χ0) is 21.2. The van der Waals surface area contributed by atoms with Crippen LogP contribution in [0.2, 0.25) is 0 Å². The van der Waals surface area contributed by atoms with Gasteiger partial charge >= 0.3 is 12.1 Å². The van der Waals surface area contributed by atoms with E-state index in [2.05, 4.69) is 0 Å². The van der Waals surface area contributed by atoms with Crippen LogP contribution >= 0.6 is 24.0 Å². The van der Waals surface area contributed by atoms with Gasteiger partial charge in [-0.1, -0.05) is 42.2 Å². The summed E-state index contributed by atoms with van der Waals surface area (Å²) in [6.45, 7) is -0.477. The highest BCUT2D eigenvalue weighted by Gasteiger charge is 2.36. The first-order chi connectivity index (χ1) is 13.6. The van der Waals surface area contributed by atoms with Gasteiger partial charge in [-0.25, -0.2) is 4.79 Å². The minimum atomic E-state index is -4.53. The van der Waals surface area contributed by atoms with Gasteiger partial charge in [0.2, 0.25) is 0 Å². The first-order valence-corrected chi connectivity index (χ1v) is 9.27. The summed E-state index contributed by atoms with van der Waals surface area (Å²) in [6.07, 6.45) is -2.98. The van der Waals surface area contributed by atoms with Gasteiger partial charge < -0.3 is 9.84 Å². The minimum absolute atomic E-state index is 0.0446. The fourth-order valence-electron chi connectivity index (χ4n) is 2.47. The van der Waals surface area contributed by atoms with Crippen LogP contribution < -0.4 is 9.64 Å². The lowest BCUT2D eigenvalue weighted by molar-refractivity contribution is -0.139. The maximum absolute atomic E-state index is 12.9. The number of hydrogen-bond donors (Lipinski definition) is 1. The van der Waals surface area contributed by atoms with Gasteiger partial charge in [-0.15, -0.1) is 0 Å². The second-order valence-electron chi connectivity index (χ2n) is 5.82. The number of nitrogens with zero attached hydrogens (tertiary/aromatic N) is 1. The summed E-state index contributed by atoms with van der Waals surface area (Å²) in [7, 11) is 0. The molecule has 2 aromatic carbocycles. The third-order valence-electron chi connectivity index (χ3n) is 3.77. The van der Waals surface area contributed by atoms with Crippen molar-refractivity contribution in [1.29, 1.82) is 0 Å². The molecule has 0 atom stereocenters. The average molecular weight is 439 g/mol. The number of thiocarbonyl (C=S) groups is 1. The number of alkyl halides is 3. The van der Waals surface area contributed by atoms with E-state index in [0.29, 0.717) is 11.3 Å². The van der Waals surface area contributed by atoms with E-state index in [1.165, 1.54) is 12.1 Å². The molecular formula is C19H12F3NO4S2. The largest absolute Gasteiger partial charge is 0.482 e. The summed E-state index contributed by atoms with van der Waals surface area (Å²) >= 11 is 6.16. The second-order valence-corrected chi connectivity index (χ2v) is 7.49. The van der Waals surface area contributed by atoms with E-state index in [9.17, 15) is 22.8 Å². The van der Waals surface area contributed by atoms with Gasteiger partial charge in [0.05, 0.1) is 16.2 Å².